The van der Waals surface area contributed by atoms with Crippen molar-refractivity contribution in [3.63, 3.8) is 0 Å². The first kappa shape index (κ1) is 11.2. The Bertz CT molecular complexity index is 538. The molecule has 3 heteroatoms. The molecule has 2 nitrogen and oxygen atoms in total. The number of hydrogen-bond donors (Lipinski definition) is 1. The summed E-state index contributed by atoms with van der Waals surface area (Å²) in [5, 5.41) is 4.79. The van der Waals surface area contributed by atoms with Gasteiger partial charge in [-0.2, -0.15) is 0 Å². The zero-order valence-electron chi connectivity index (χ0n) is 10.4. The van der Waals surface area contributed by atoms with Crippen LogP contribution in [0, 0.1) is 13.8 Å². The van der Waals surface area contributed by atoms with Crippen molar-refractivity contribution < 1.29 is 0 Å². The first-order valence-electron chi connectivity index (χ1n) is 6.32. The highest BCUT2D eigenvalue weighted by Gasteiger charge is 2.19. The summed E-state index contributed by atoms with van der Waals surface area (Å²) in [5.41, 5.74) is 3.86. The first-order chi connectivity index (χ1) is 8.24. The molecule has 3 rings (SSSR count). The fraction of sp³-hybridized carbons (Fsp3) is 0.500. The van der Waals surface area contributed by atoms with Gasteiger partial charge >= 0.3 is 0 Å². The van der Waals surface area contributed by atoms with E-state index in [-0.39, 0.29) is 0 Å². The Morgan fingerprint density at radius 3 is 3.00 bits per heavy atom. The lowest BCUT2D eigenvalue weighted by molar-refractivity contribution is 0.461. The maximum absolute atomic E-state index is 4.86. The van der Waals surface area contributed by atoms with Gasteiger partial charge < -0.3 is 5.32 Å². The molecule has 1 atom stereocenters. The number of nitrogens with one attached hydrogen (secondary N) is 1. The molecule has 17 heavy (non-hydrogen) atoms. The van der Waals surface area contributed by atoms with Gasteiger partial charge in [0.25, 0.3) is 0 Å². The second-order valence-electron chi connectivity index (χ2n) is 5.02. The number of aromatic nitrogens is 1. The monoisotopic (exact) mass is 246 g/mol. The number of piperidine rings is 1. The first-order valence-corrected chi connectivity index (χ1v) is 7.14. The van der Waals surface area contributed by atoms with Crippen LogP contribution in [-0.2, 0) is 0 Å². The van der Waals surface area contributed by atoms with E-state index in [1.165, 1.54) is 45.7 Å². The van der Waals surface area contributed by atoms with Crippen LogP contribution in [0.15, 0.2) is 12.1 Å². The molecule has 1 unspecified atom stereocenters. The Morgan fingerprint density at radius 1 is 1.35 bits per heavy atom. The van der Waals surface area contributed by atoms with E-state index in [1.54, 1.807) is 0 Å². The summed E-state index contributed by atoms with van der Waals surface area (Å²) in [5.74, 6) is 0.626. The second kappa shape index (κ2) is 4.39. The molecule has 0 amide bonds. The third-order valence-corrected chi connectivity index (χ3v) is 4.66. The van der Waals surface area contributed by atoms with Crippen molar-refractivity contribution >= 4 is 21.6 Å². The Balaban J connectivity index is 2.03. The largest absolute Gasteiger partial charge is 0.316 e. The number of aryl methyl sites for hydroxylation is 2. The minimum absolute atomic E-state index is 0.626. The van der Waals surface area contributed by atoms with Gasteiger partial charge in [0, 0.05) is 12.5 Å². The summed E-state index contributed by atoms with van der Waals surface area (Å²) in [6.45, 7) is 6.59. The maximum atomic E-state index is 4.86. The molecule has 0 radical (unpaired) electrons. The van der Waals surface area contributed by atoms with Crippen molar-refractivity contribution in [1.29, 1.82) is 0 Å². The molecule has 1 aliphatic heterocycles. The van der Waals surface area contributed by atoms with E-state index in [2.05, 4.69) is 31.3 Å². The molecule has 0 saturated carbocycles. The zero-order chi connectivity index (χ0) is 11.8. The molecule has 0 bridgehead atoms. The van der Waals surface area contributed by atoms with Crippen LogP contribution in [0.1, 0.15) is 34.9 Å². The average molecular weight is 246 g/mol. The van der Waals surface area contributed by atoms with Gasteiger partial charge in [-0.15, -0.1) is 11.3 Å². The number of fused-ring (bicyclic) bond motifs is 1. The normalized spacial score (nSPS) is 20.9. The van der Waals surface area contributed by atoms with Gasteiger partial charge in [-0.25, -0.2) is 4.98 Å². The Kier molecular flexibility index (Phi) is 2.89. The highest BCUT2D eigenvalue weighted by atomic mass is 32.1. The maximum Gasteiger partial charge on any atom is 0.0982 e. The molecule has 2 heterocycles. The van der Waals surface area contributed by atoms with Gasteiger partial charge in [0.05, 0.1) is 15.2 Å². The van der Waals surface area contributed by atoms with Gasteiger partial charge in [-0.05, 0) is 50.4 Å². The molecule has 1 fully saturated rings. The van der Waals surface area contributed by atoms with E-state index >= 15 is 0 Å². The van der Waals surface area contributed by atoms with Crippen molar-refractivity contribution in [3.8, 4) is 0 Å². The van der Waals surface area contributed by atoms with Gasteiger partial charge in [0.1, 0.15) is 0 Å². The van der Waals surface area contributed by atoms with Gasteiger partial charge in [-0.3, -0.25) is 0 Å². The van der Waals surface area contributed by atoms with Crippen molar-refractivity contribution in [3.05, 3.63) is 28.3 Å². The Hall–Kier alpha value is -0.930. The molecular weight excluding hydrogens is 228 g/mol. The topological polar surface area (TPSA) is 24.9 Å². The summed E-state index contributed by atoms with van der Waals surface area (Å²) < 4.78 is 1.35. The lowest BCUT2D eigenvalue weighted by atomic mass is 10.0. The van der Waals surface area contributed by atoms with E-state index in [0.29, 0.717) is 5.92 Å². The van der Waals surface area contributed by atoms with E-state index in [1.807, 2.05) is 11.3 Å². The van der Waals surface area contributed by atoms with Crippen LogP contribution >= 0.6 is 11.3 Å². The highest BCUT2D eigenvalue weighted by molar-refractivity contribution is 7.18. The van der Waals surface area contributed by atoms with Crippen LogP contribution < -0.4 is 5.32 Å². The van der Waals surface area contributed by atoms with Crippen molar-refractivity contribution in [2.45, 2.75) is 32.6 Å². The van der Waals surface area contributed by atoms with E-state index in [4.69, 9.17) is 4.98 Å². The number of thiazole rings is 1. The van der Waals surface area contributed by atoms with Gasteiger partial charge in [-0.1, -0.05) is 6.07 Å². The predicted molar refractivity (Wildman–Crippen MR) is 73.9 cm³/mol. The zero-order valence-corrected chi connectivity index (χ0v) is 11.2. The van der Waals surface area contributed by atoms with E-state index < -0.39 is 0 Å². The molecule has 2 aromatic rings. The number of rotatable bonds is 1. The van der Waals surface area contributed by atoms with Crippen molar-refractivity contribution in [2.24, 2.45) is 0 Å². The van der Waals surface area contributed by atoms with Crippen LogP contribution in [0.2, 0.25) is 0 Å². The second-order valence-corrected chi connectivity index (χ2v) is 6.09. The fourth-order valence-electron chi connectivity index (χ4n) is 2.62. The highest BCUT2D eigenvalue weighted by Crippen LogP contribution is 2.32. The molecule has 1 N–H and O–H groups in total. The van der Waals surface area contributed by atoms with Crippen molar-refractivity contribution in [2.75, 3.05) is 13.1 Å². The number of hydrogen-bond acceptors (Lipinski definition) is 3. The van der Waals surface area contributed by atoms with E-state index in [9.17, 15) is 0 Å². The summed E-state index contributed by atoms with van der Waals surface area (Å²) in [4.78, 5) is 4.86. The molecule has 1 saturated heterocycles. The molecule has 0 spiro atoms. The SMILES string of the molecule is Cc1cc(C)c2nc(C3CCCNC3)sc2c1. The van der Waals surface area contributed by atoms with Crippen LogP contribution in [-0.4, -0.2) is 18.1 Å². The lowest BCUT2D eigenvalue weighted by Crippen LogP contribution is -2.28. The van der Waals surface area contributed by atoms with E-state index in [0.717, 1.165) is 6.54 Å². The summed E-state index contributed by atoms with van der Waals surface area (Å²) in [6.07, 6.45) is 2.56. The molecular formula is C14H18N2S. The fourth-order valence-corrected chi connectivity index (χ4v) is 3.90. The molecule has 0 aliphatic carbocycles. The van der Waals surface area contributed by atoms with Gasteiger partial charge in [0.15, 0.2) is 0 Å². The van der Waals surface area contributed by atoms with Crippen LogP contribution in [0.5, 0.6) is 0 Å². The molecule has 1 aromatic heterocycles. The quantitative estimate of drug-likeness (QED) is 0.834. The van der Waals surface area contributed by atoms with Crippen LogP contribution in [0.4, 0.5) is 0 Å². The summed E-state index contributed by atoms with van der Waals surface area (Å²) in [6, 6.07) is 4.49. The molecule has 90 valence electrons. The van der Waals surface area contributed by atoms with Crippen molar-refractivity contribution in [1.82, 2.24) is 10.3 Å². The third kappa shape index (κ3) is 2.09. The van der Waals surface area contributed by atoms with Crippen LogP contribution in [0.25, 0.3) is 10.2 Å². The number of nitrogens with zero attached hydrogens (tertiary/aromatic N) is 1. The minimum atomic E-state index is 0.626. The predicted octanol–water partition coefficient (Wildman–Crippen LogP) is 3.38. The summed E-state index contributed by atoms with van der Waals surface area (Å²) >= 11 is 1.88. The lowest BCUT2D eigenvalue weighted by Gasteiger charge is -2.20. The Labute approximate surface area is 106 Å². The van der Waals surface area contributed by atoms with Crippen LogP contribution in [0.3, 0.4) is 0 Å². The number of benzene rings is 1. The minimum Gasteiger partial charge on any atom is -0.316 e. The average Bonchev–Trinajstić information content (AvgIpc) is 2.74. The van der Waals surface area contributed by atoms with Gasteiger partial charge in [0.2, 0.25) is 0 Å². The molecule has 1 aliphatic rings. The molecule has 1 aromatic carbocycles. The smallest absolute Gasteiger partial charge is 0.0982 e. The standard InChI is InChI=1S/C14H18N2S/c1-9-6-10(2)13-12(7-9)17-14(16-13)11-4-3-5-15-8-11/h6-7,11,15H,3-5,8H2,1-2H3. The third-order valence-electron chi connectivity index (χ3n) is 3.49. The summed E-state index contributed by atoms with van der Waals surface area (Å²) in [7, 11) is 0. The Morgan fingerprint density at radius 2 is 2.24 bits per heavy atom.